The summed E-state index contributed by atoms with van der Waals surface area (Å²) in [4.78, 5) is 0. The molecule has 2 heterocycles. The van der Waals surface area contributed by atoms with Gasteiger partial charge in [0.25, 0.3) is 0 Å². The van der Waals surface area contributed by atoms with Crippen molar-refractivity contribution < 1.29 is 8.83 Å². The van der Waals surface area contributed by atoms with E-state index >= 15 is 0 Å². The van der Waals surface area contributed by atoms with Gasteiger partial charge in [0.1, 0.15) is 11.3 Å². The molecule has 0 bridgehead atoms. The summed E-state index contributed by atoms with van der Waals surface area (Å²) in [5, 5.41) is 8.84. The van der Waals surface area contributed by atoms with Crippen molar-refractivity contribution in [1.82, 2.24) is 10.2 Å². The summed E-state index contributed by atoms with van der Waals surface area (Å²) >= 11 is 0. The first-order chi connectivity index (χ1) is 7.72. The summed E-state index contributed by atoms with van der Waals surface area (Å²) in [7, 11) is 0. The van der Waals surface area contributed by atoms with Crippen molar-refractivity contribution in [3.63, 3.8) is 0 Å². The molecule has 0 unspecified atom stereocenters. The molecule has 16 heavy (non-hydrogen) atoms. The molecule has 1 aromatic carbocycles. The van der Waals surface area contributed by atoms with E-state index in [1.165, 1.54) is 0 Å². The van der Waals surface area contributed by atoms with Gasteiger partial charge >= 0.3 is 0 Å². The number of furan rings is 1. The fraction of sp³-hybridized carbons (Fsp3) is 0.167. The number of fused-ring (bicyclic) bond motifs is 1. The average Bonchev–Trinajstić information content (AvgIpc) is 2.81. The number of hydrogen-bond donors (Lipinski definition) is 0. The monoisotopic (exact) mass is 214 g/mol. The Morgan fingerprint density at radius 2 is 1.88 bits per heavy atom. The van der Waals surface area contributed by atoms with Gasteiger partial charge in [0.05, 0.1) is 0 Å². The first-order valence-corrected chi connectivity index (χ1v) is 5.03. The second-order valence-corrected chi connectivity index (χ2v) is 3.74. The standard InChI is InChI=1S/C12H10N2O2/c1-7-5-10-6-9(3-4-11(10)15-7)12-14-13-8(2)16-12/h3-6H,1-2H3. The van der Waals surface area contributed by atoms with Crippen LogP contribution in [0.2, 0.25) is 0 Å². The number of hydrogen-bond acceptors (Lipinski definition) is 4. The Morgan fingerprint density at radius 3 is 2.62 bits per heavy atom. The second-order valence-electron chi connectivity index (χ2n) is 3.74. The minimum absolute atomic E-state index is 0.540. The molecule has 0 aliphatic heterocycles. The van der Waals surface area contributed by atoms with E-state index in [1.54, 1.807) is 6.92 Å². The Balaban J connectivity index is 2.17. The molecule has 0 spiro atoms. The summed E-state index contributed by atoms with van der Waals surface area (Å²) in [6.45, 7) is 3.70. The number of aromatic nitrogens is 2. The van der Waals surface area contributed by atoms with E-state index in [1.807, 2.05) is 31.2 Å². The van der Waals surface area contributed by atoms with Crippen LogP contribution in [0, 0.1) is 13.8 Å². The fourth-order valence-electron chi connectivity index (χ4n) is 1.72. The molecular weight excluding hydrogens is 204 g/mol. The zero-order valence-electron chi connectivity index (χ0n) is 9.02. The highest BCUT2D eigenvalue weighted by molar-refractivity contribution is 5.82. The van der Waals surface area contributed by atoms with Gasteiger partial charge in [-0.3, -0.25) is 0 Å². The topological polar surface area (TPSA) is 52.1 Å². The minimum atomic E-state index is 0.540. The summed E-state index contributed by atoms with van der Waals surface area (Å²) in [6.07, 6.45) is 0. The fourth-order valence-corrected chi connectivity index (χ4v) is 1.72. The van der Waals surface area contributed by atoms with Crippen LogP contribution in [0.1, 0.15) is 11.7 Å². The van der Waals surface area contributed by atoms with Crippen LogP contribution in [0.3, 0.4) is 0 Å². The van der Waals surface area contributed by atoms with Gasteiger partial charge in [-0.2, -0.15) is 0 Å². The lowest BCUT2D eigenvalue weighted by Gasteiger charge is -1.93. The molecule has 0 fully saturated rings. The highest BCUT2D eigenvalue weighted by Gasteiger charge is 2.08. The van der Waals surface area contributed by atoms with Gasteiger partial charge in [-0.1, -0.05) is 0 Å². The van der Waals surface area contributed by atoms with Crippen molar-refractivity contribution in [2.75, 3.05) is 0 Å². The lowest BCUT2D eigenvalue weighted by molar-refractivity contribution is 0.533. The third kappa shape index (κ3) is 1.39. The van der Waals surface area contributed by atoms with Crippen LogP contribution in [-0.2, 0) is 0 Å². The third-order valence-electron chi connectivity index (χ3n) is 2.41. The number of rotatable bonds is 1. The number of aryl methyl sites for hydroxylation is 2. The zero-order valence-corrected chi connectivity index (χ0v) is 9.02. The SMILES string of the molecule is Cc1cc2cc(-c3nnc(C)o3)ccc2o1. The summed E-state index contributed by atoms with van der Waals surface area (Å²) < 4.78 is 10.9. The van der Waals surface area contributed by atoms with Crippen molar-refractivity contribution in [2.24, 2.45) is 0 Å². The van der Waals surface area contributed by atoms with Crippen LogP contribution < -0.4 is 0 Å². The molecule has 0 radical (unpaired) electrons. The first-order valence-electron chi connectivity index (χ1n) is 5.03. The zero-order chi connectivity index (χ0) is 11.1. The maximum Gasteiger partial charge on any atom is 0.247 e. The third-order valence-corrected chi connectivity index (χ3v) is 2.41. The maximum absolute atomic E-state index is 5.50. The van der Waals surface area contributed by atoms with Crippen molar-refractivity contribution in [1.29, 1.82) is 0 Å². The quantitative estimate of drug-likeness (QED) is 0.624. The molecule has 4 nitrogen and oxygen atoms in total. The van der Waals surface area contributed by atoms with Gasteiger partial charge in [0, 0.05) is 17.9 Å². The molecule has 2 aromatic heterocycles. The summed E-state index contributed by atoms with van der Waals surface area (Å²) in [5.41, 5.74) is 1.78. The summed E-state index contributed by atoms with van der Waals surface area (Å²) in [5.74, 6) is 2.01. The normalized spacial score (nSPS) is 11.1. The molecular formula is C12H10N2O2. The van der Waals surface area contributed by atoms with E-state index < -0.39 is 0 Å². The summed E-state index contributed by atoms with van der Waals surface area (Å²) in [6, 6.07) is 7.80. The average molecular weight is 214 g/mol. The van der Waals surface area contributed by atoms with Gasteiger partial charge in [-0.25, -0.2) is 0 Å². The van der Waals surface area contributed by atoms with Crippen molar-refractivity contribution >= 4 is 11.0 Å². The Morgan fingerprint density at radius 1 is 1.00 bits per heavy atom. The van der Waals surface area contributed by atoms with Gasteiger partial charge in [-0.05, 0) is 31.2 Å². The largest absolute Gasteiger partial charge is 0.461 e. The van der Waals surface area contributed by atoms with E-state index in [0.717, 1.165) is 22.3 Å². The van der Waals surface area contributed by atoms with E-state index in [-0.39, 0.29) is 0 Å². The van der Waals surface area contributed by atoms with Crippen LogP contribution in [0.15, 0.2) is 33.1 Å². The number of benzene rings is 1. The first kappa shape index (κ1) is 9.15. The van der Waals surface area contributed by atoms with Crippen LogP contribution in [0.25, 0.3) is 22.4 Å². The molecule has 0 atom stereocenters. The van der Waals surface area contributed by atoms with Crippen LogP contribution >= 0.6 is 0 Å². The Bertz CT molecular complexity index is 652. The highest BCUT2D eigenvalue weighted by atomic mass is 16.4. The van der Waals surface area contributed by atoms with Crippen molar-refractivity contribution in [2.45, 2.75) is 13.8 Å². The second kappa shape index (κ2) is 3.20. The van der Waals surface area contributed by atoms with Crippen LogP contribution in [0.4, 0.5) is 0 Å². The molecule has 80 valence electrons. The molecule has 0 saturated heterocycles. The maximum atomic E-state index is 5.50. The Hall–Kier alpha value is -2.10. The minimum Gasteiger partial charge on any atom is -0.461 e. The van der Waals surface area contributed by atoms with Crippen molar-refractivity contribution in [3.8, 4) is 11.5 Å². The molecule has 0 aliphatic rings. The number of nitrogens with zero attached hydrogens (tertiary/aromatic N) is 2. The predicted octanol–water partition coefficient (Wildman–Crippen LogP) is 3.10. The van der Waals surface area contributed by atoms with E-state index in [9.17, 15) is 0 Å². The van der Waals surface area contributed by atoms with E-state index in [2.05, 4.69) is 10.2 Å². The van der Waals surface area contributed by atoms with Crippen LogP contribution in [-0.4, -0.2) is 10.2 Å². The molecule has 0 N–H and O–H groups in total. The van der Waals surface area contributed by atoms with Gasteiger partial charge in [0.2, 0.25) is 11.8 Å². The highest BCUT2D eigenvalue weighted by Crippen LogP contribution is 2.25. The molecule has 3 rings (SSSR count). The van der Waals surface area contributed by atoms with Gasteiger partial charge in [-0.15, -0.1) is 10.2 Å². The lowest BCUT2D eigenvalue weighted by atomic mass is 10.1. The van der Waals surface area contributed by atoms with E-state index in [0.29, 0.717) is 11.8 Å². The predicted molar refractivity (Wildman–Crippen MR) is 59.0 cm³/mol. The van der Waals surface area contributed by atoms with E-state index in [4.69, 9.17) is 8.83 Å². The molecule has 3 aromatic rings. The molecule has 0 aliphatic carbocycles. The molecule has 0 amide bonds. The Labute approximate surface area is 91.9 Å². The Kier molecular flexibility index (Phi) is 1.83. The molecule has 4 heteroatoms. The molecule has 0 saturated carbocycles. The smallest absolute Gasteiger partial charge is 0.247 e. The lowest BCUT2D eigenvalue weighted by Crippen LogP contribution is -1.76. The van der Waals surface area contributed by atoms with Crippen LogP contribution in [0.5, 0.6) is 0 Å². The van der Waals surface area contributed by atoms with Crippen molar-refractivity contribution in [3.05, 3.63) is 35.9 Å². The van der Waals surface area contributed by atoms with Gasteiger partial charge < -0.3 is 8.83 Å². The van der Waals surface area contributed by atoms with Gasteiger partial charge in [0.15, 0.2) is 0 Å².